The first kappa shape index (κ1) is 15.6. The summed E-state index contributed by atoms with van der Waals surface area (Å²) in [4.78, 5) is 0. The number of aryl methyl sites for hydroxylation is 1. The van der Waals surface area contributed by atoms with Crippen molar-refractivity contribution in [1.29, 1.82) is 0 Å². The number of aromatic nitrogens is 3. The Balaban J connectivity index is 1.47. The maximum atomic E-state index is 6.18. The maximum Gasteiger partial charge on any atom is 0.265 e. The third-order valence-electron chi connectivity index (χ3n) is 3.49. The van der Waals surface area contributed by atoms with Gasteiger partial charge in [-0.25, -0.2) is 4.57 Å². The fourth-order valence-corrected chi connectivity index (χ4v) is 2.51. The van der Waals surface area contributed by atoms with Crippen molar-refractivity contribution in [2.24, 2.45) is 0 Å². The molecule has 0 spiro atoms. The third kappa shape index (κ3) is 4.57. The monoisotopic (exact) mass is 328 g/mol. The van der Waals surface area contributed by atoms with Crippen LogP contribution >= 0.6 is 11.6 Å². The molecule has 1 heterocycles. The molecule has 0 amide bonds. The smallest absolute Gasteiger partial charge is 0.265 e. The Bertz CT molecular complexity index is 743. The summed E-state index contributed by atoms with van der Waals surface area (Å²) < 4.78 is 9.64. The van der Waals surface area contributed by atoms with Gasteiger partial charge >= 0.3 is 0 Å². The molecule has 0 radical (unpaired) electrons. The predicted molar refractivity (Wildman–Crippen MR) is 89.5 cm³/mol. The van der Waals surface area contributed by atoms with Gasteiger partial charge < -0.3 is 4.74 Å². The summed E-state index contributed by atoms with van der Waals surface area (Å²) in [5.74, 6) is 0.909. The van der Waals surface area contributed by atoms with Crippen LogP contribution in [0.2, 0.25) is 5.02 Å². The zero-order valence-corrected chi connectivity index (χ0v) is 13.6. The first-order valence-corrected chi connectivity index (χ1v) is 8.02. The van der Waals surface area contributed by atoms with E-state index >= 15 is 0 Å². The Morgan fingerprint density at radius 3 is 2.65 bits per heavy atom. The van der Waals surface area contributed by atoms with Gasteiger partial charge in [-0.15, -0.1) is 4.68 Å². The molecule has 0 aliphatic carbocycles. The Morgan fingerprint density at radius 2 is 1.83 bits per heavy atom. The topological polar surface area (TPSA) is 30.9 Å². The number of ether oxygens (including phenoxy) is 1. The lowest BCUT2D eigenvalue weighted by molar-refractivity contribution is -0.698. The van der Waals surface area contributed by atoms with Crippen molar-refractivity contribution in [2.45, 2.75) is 19.5 Å². The van der Waals surface area contributed by atoms with Crippen molar-refractivity contribution in [1.82, 2.24) is 9.78 Å². The van der Waals surface area contributed by atoms with Gasteiger partial charge in [0.1, 0.15) is 12.3 Å². The van der Waals surface area contributed by atoms with Crippen LogP contribution in [0.1, 0.15) is 12.0 Å². The van der Waals surface area contributed by atoms with Gasteiger partial charge in [-0.3, -0.25) is 0 Å². The molecule has 0 aliphatic heterocycles. The summed E-state index contributed by atoms with van der Waals surface area (Å²) in [6.07, 6.45) is 4.75. The normalized spacial score (nSPS) is 10.7. The molecular formula is C18H19ClN3O+. The Hall–Kier alpha value is -2.33. The average Bonchev–Trinajstić information content (AvgIpc) is 3.02. The van der Waals surface area contributed by atoms with E-state index in [-0.39, 0.29) is 0 Å². The van der Waals surface area contributed by atoms with E-state index in [1.165, 1.54) is 0 Å². The molecule has 4 nitrogen and oxygen atoms in total. The lowest BCUT2D eigenvalue weighted by atomic mass is 10.2. The molecule has 0 fully saturated rings. The van der Waals surface area contributed by atoms with E-state index < -0.39 is 0 Å². The summed E-state index contributed by atoms with van der Waals surface area (Å²) in [7, 11) is 0. The highest BCUT2D eigenvalue weighted by molar-refractivity contribution is 6.31. The van der Waals surface area contributed by atoms with E-state index in [2.05, 4.69) is 9.67 Å². The molecule has 2 aromatic carbocycles. The second-order valence-corrected chi connectivity index (χ2v) is 5.70. The number of hydrogen-bond acceptors (Lipinski definition) is 2. The van der Waals surface area contributed by atoms with Gasteiger partial charge in [-0.05, 0) is 18.2 Å². The van der Waals surface area contributed by atoms with Crippen LogP contribution in [0.25, 0.3) is 0 Å². The zero-order chi connectivity index (χ0) is 15.9. The molecule has 0 unspecified atom stereocenters. The highest BCUT2D eigenvalue weighted by atomic mass is 35.5. The molecule has 0 aliphatic rings. The second kappa shape index (κ2) is 7.79. The quantitative estimate of drug-likeness (QED) is 0.492. The number of para-hydroxylation sites is 1. The van der Waals surface area contributed by atoms with Crippen molar-refractivity contribution in [3.63, 3.8) is 0 Å². The largest absolute Gasteiger partial charge is 0.493 e. The number of rotatable bonds is 7. The number of nitrogens with zero attached hydrogens (tertiary/aromatic N) is 3. The van der Waals surface area contributed by atoms with Gasteiger partial charge in [-0.2, -0.15) is 0 Å². The van der Waals surface area contributed by atoms with Gasteiger partial charge in [0.2, 0.25) is 6.33 Å². The number of benzene rings is 2. The Labute approximate surface area is 140 Å². The molecule has 3 aromatic rings. The minimum absolute atomic E-state index is 0.674. The first-order valence-electron chi connectivity index (χ1n) is 7.64. The van der Waals surface area contributed by atoms with Crippen LogP contribution in [-0.2, 0) is 13.1 Å². The molecule has 5 heteroatoms. The van der Waals surface area contributed by atoms with Crippen LogP contribution in [0.5, 0.6) is 5.75 Å². The maximum absolute atomic E-state index is 6.18. The van der Waals surface area contributed by atoms with Gasteiger partial charge in [0.25, 0.3) is 6.33 Å². The van der Waals surface area contributed by atoms with Crippen LogP contribution in [0, 0.1) is 0 Å². The Kier molecular flexibility index (Phi) is 5.27. The fourth-order valence-electron chi connectivity index (χ4n) is 2.32. The van der Waals surface area contributed by atoms with Crippen LogP contribution < -0.4 is 9.30 Å². The highest BCUT2D eigenvalue weighted by Crippen LogP contribution is 2.15. The summed E-state index contributed by atoms with van der Waals surface area (Å²) >= 11 is 6.18. The lowest BCUT2D eigenvalue weighted by Crippen LogP contribution is -2.32. The summed E-state index contributed by atoms with van der Waals surface area (Å²) in [5, 5.41) is 5.14. The van der Waals surface area contributed by atoms with E-state index in [4.69, 9.17) is 16.3 Å². The minimum atomic E-state index is 0.674. The van der Waals surface area contributed by atoms with Gasteiger partial charge in [0, 0.05) is 22.1 Å². The van der Waals surface area contributed by atoms with Crippen molar-refractivity contribution in [2.75, 3.05) is 6.61 Å². The highest BCUT2D eigenvalue weighted by Gasteiger charge is 2.08. The standard InChI is InChI=1S/C18H19ClN3O/c19-18-10-5-4-7-16(18)13-22-15-21(14-20-22)11-6-12-23-17-8-2-1-3-9-17/h1-5,7-10,14-15H,6,11-13H2/q+1. The summed E-state index contributed by atoms with van der Waals surface area (Å²) in [5.41, 5.74) is 1.07. The van der Waals surface area contributed by atoms with Crippen LogP contribution in [0.15, 0.2) is 67.3 Å². The molecule has 0 saturated heterocycles. The van der Waals surface area contributed by atoms with Crippen LogP contribution in [0.3, 0.4) is 0 Å². The zero-order valence-electron chi connectivity index (χ0n) is 12.8. The molecular weight excluding hydrogens is 310 g/mol. The van der Waals surface area contributed by atoms with E-state index in [1.807, 2.05) is 71.9 Å². The number of halogens is 1. The molecule has 23 heavy (non-hydrogen) atoms. The number of hydrogen-bond donors (Lipinski definition) is 0. The second-order valence-electron chi connectivity index (χ2n) is 5.29. The Morgan fingerprint density at radius 1 is 1.04 bits per heavy atom. The van der Waals surface area contributed by atoms with E-state index in [0.717, 1.165) is 29.3 Å². The minimum Gasteiger partial charge on any atom is -0.493 e. The van der Waals surface area contributed by atoms with E-state index in [1.54, 1.807) is 0 Å². The SMILES string of the molecule is Clc1ccccc1Cn1c[n+](CCCOc2ccccc2)cn1. The predicted octanol–water partition coefficient (Wildman–Crippen LogP) is 3.34. The lowest BCUT2D eigenvalue weighted by Gasteiger charge is -2.04. The van der Waals surface area contributed by atoms with Crippen molar-refractivity contribution in [3.8, 4) is 5.75 Å². The third-order valence-corrected chi connectivity index (χ3v) is 3.86. The van der Waals surface area contributed by atoms with Crippen LogP contribution in [-0.4, -0.2) is 16.4 Å². The molecule has 0 N–H and O–H groups in total. The fraction of sp³-hybridized carbons (Fsp3) is 0.222. The van der Waals surface area contributed by atoms with Gasteiger partial charge in [-0.1, -0.05) is 48.0 Å². The molecule has 3 rings (SSSR count). The van der Waals surface area contributed by atoms with Crippen molar-refractivity contribution >= 4 is 11.6 Å². The van der Waals surface area contributed by atoms with Crippen molar-refractivity contribution in [3.05, 3.63) is 77.8 Å². The van der Waals surface area contributed by atoms with Gasteiger partial charge in [0.05, 0.1) is 13.2 Å². The molecule has 0 saturated carbocycles. The van der Waals surface area contributed by atoms with E-state index in [9.17, 15) is 0 Å². The van der Waals surface area contributed by atoms with E-state index in [0.29, 0.717) is 13.2 Å². The first-order chi connectivity index (χ1) is 11.3. The average molecular weight is 329 g/mol. The summed E-state index contributed by atoms with van der Waals surface area (Å²) in [6, 6.07) is 17.7. The molecule has 0 atom stereocenters. The molecule has 1 aromatic heterocycles. The van der Waals surface area contributed by atoms with Crippen molar-refractivity contribution < 1.29 is 9.30 Å². The molecule has 118 valence electrons. The van der Waals surface area contributed by atoms with Gasteiger partial charge in [0.15, 0.2) is 0 Å². The van der Waals surface area contributed by atoms with Crippen LogP contribution in [0.4, 0.5) is 0 Å². The molecule has 0 bridgehead atoms. The summed E-state index contributed by atoms with van der Waals surface area (Å²) in [6.45, 7) is 2.23.